The van der Waals surface area contributed by atoms with Gasteiger partial charge in [0.25, 0.3) is 0 Å². The number of ether oxygens (including phenoxy) is 1. The van der Waals surface area contributed by atoms with Gasteiger partial charge in [-0.3, -0.25) is 4.79 Å². The molecule has 0 spiro atoms. The summed E-state index contributed by atoms with van der Waals surface area (Å²) in [5.74, 6) is -1.25. The van der Waals surface area contributed by atoms with Gasteiger partial charge in [0.15, 0.2) is 0 Å². The molecule has 0 aromatic heterocycles. The lowest BCUT2D eigenvalue weighted by Gasteiger charge is -2.31. The van der Waals surface area contributed by atoms with Gasteiger partial charge in [0.1, 0.15) is 5.82 Å². The van der Waals surface area contributed by atoms with Crippen molar-refractivity contribution in [2.24, 2.45) is 5.92 Å². The summed E-state index contributed by atoms with van der Waals surface area (Å²) in [6.07, 6.45) is 0.877. The predicted molar refractivity (Wildman–Crippen MR) is 121 cm³/mol. The lowest BCUT2D eigenvalue weighted by atomic mass is 9.97. The van der Waals surface area contributed by atoms with E-state index in [2.05, 4.69) is 10.2 Å². The summed E-state index contributed by atoms with van der Waals surface area (Å²) in [5, 5.41) is 2.94. The van der Waals surface area contributed by atoms with Crippen molar-refractivity contribution in [3.05, 3.63) is 59.9 Å². The molecule has 0 saturated carbocycles. The molecule has 2 saturated heterocycles. The average Bonchev–Trinajstić information content (AvgIpc) is 2.81. The molecule has 1 N–H and O–H groups in total. The number of sulfonamides is 1. The molecule has 2 fully saturated rings. The fourth-order valence-electron chi connectivity index (χ4n) is 4.12. The van der Waals surface area contributed by atoms with Crippen LogP contribution in [0.25, 0.3) is 0 Å². The van der Waals surface area contributed by atoms with E-state index in [1.54, 1.807) is 6.07 Å². The zero-order valence-corrected chi connectivity index (χ0v) is 18.7. The summed E-state index contributed by atoms with van der Waals surface area (Å²) in [4.78, 5) is 14.9. The van der Waals surface area contributed by atoms with Gasteiger partial charge in [-0.15, -0.1) is 0 Å². The summed E-state index contributed by atoms with van der Waals surface area (Å²) < 4.78 is 45.9. The minimum Gasteiger partial charge on any atom is -0.378 e. The molecule has 2 aromatic carbocycles. The molecule has 0 radical (unpaired) electrons. The van der Waals surface area contributed by atoms with Crippen molar-refractivity contribution < 1.29 is 22.3 Å². The van der Waals surface area contributed by atoms with Crippen molar-refractivity contribution in [1.82, 2.24) is 4.31 Å². The molecular weight excluding hydrogens is 433 g/mol. The molecule has 2 aromatic rings. The Labute approximate surface area is 188 Å². The number of nitrogens with one attached hydrogen (secondary N) is 1. The van der Waals surface area contributed by atoms with Gasteiger partial charge in [-0.25, -0.2) is 17.1 Å². The summed E-state index contributed by atoms with van der Waals surface area (Å²) in [5.41, 5.74) is 1.98. The number of nitrogens with zero attached hydrogens (tertiary/aromatic N) is 2. The zero-order valence-electron chi connectivity index (χ0n) is 17.9. The van der Waals surface area contributed by atoms with Crippen LogP contribution in [0.5, 0.6) is 0 Å². The van der Waals surface area contributed by atoms with E-state index >= 15 is 0 Å². The first kappa shape index (κ1) is 22.7. The number of carbonyl (C=O) groups excluding carboxylic acids is 1. The van der Waals surface area contributed by atoms with Gasteiger partial charge in [-0.2, -0.15) is 0 Å². The van der Waals surface area contributed by atoms with Gasteiger partial charge < -0.3 is 15.0 Å². The highest BCUT2D eigenvalue weighted by Gasteiger charge is 2.31. The molecule has 2 heterocycles. The van der Waals surface area contributed by atoms with Crippen LogP contribution in [-0.2, 0) is 25.3 Å². The normalized spacial score (nSPS) is 18.5. The van der Waals surface area contributed by atoms with E-state index in [1.807, 2.05) is 24.3 Å². The topological polar surface area (TPSA) is 79.0 Å². The summed E-state index contributed by atoms with van der Waals surface area (Å²) >= 11 is 0. The highest BCUT2D eigenvalue weighted by molar-refractivity contribution is 7.88. The van der Waals surface area contributed by atoms with Crippen LogP contribution in [0, 0.1) is 11.7 Å². The summed E-state index contributed by atoms with van der Waals surface area (Å²) in [7, 11) is -3.63. The number of morpholine rings is 1. The molecular formula is C23H28FN3O4S. The number of hydrogen-bond acceptors (Lipinski definition) is 5. The molecule has 0 atom stereocenters. The molecule has 32 heavy (non-hydrogen) atoms. The van der Waals surface area contributed by atoms with Gasteiger partial charge >= 0.3 is 0 Å². The number of anilines is 2. The van der Waals surface area contributed by atoms with Crippen molar-refractivity contribution in [1.29, 1.82) is 0 Å². The fourth-order valence-corrected chi connectivity index (χ4v) is 5.70. The number of carbonyl (C=O) groups is 1. The van der Waals surface area contributed by atoms with Crippen LogP contribution < -0.4 is 10.2 Å². The SMILES string of the molecule is O=C(Nc1ccc(N2CCOCC2)cc1)C1CCN(S(=O)(=O)Cc2ccccc2F)CC1. The van der Waals surface area contributed by atoms with Crippen LogP contribution in [0.15, 0.2) is 48.5 Å². The van der Waals surface area contributed by atoms with E-state index < -0.39 is 15.8 Å². The van der Waals surface area contributed by atoms with E-state index in [0.29, 0.717) is 26.1 Å². The highest BCUT2D eigenvalue weighted by Crippen LogP contribution is 2.25. The number of piperidine rings is 1. The highest BCUT2D eigenvalue weighted by atomic mass is 32.2. The Morgan fingerprint density at radius 3 is 2.31 bits per heavy atom. The van der Waals surface area contributed by atoms with E-state index in [1.165, 1.54) is 22.5 Å². The first-order chi connectivity index (χ1) is 15.4. The van der Waals surface area contributed by atoms with Crippen LogP contribution in [0.1, 0.15) is 18.4 Å². The number of benzene rings is 2. The smallest absolute Gasteiger partial charge is 0.227 e. The second-order valence-corrected chi connectivity index (χ2v) is 10.1. The molecule has 9 heteroatoms. The quantitative estimate of drug-likeness (QED) is 0.716. The van der Waals surface area contributed by atoms with Gasteiger partial charge in [0.2, 0.25) is 15.9 Å². The summed E-state index contributed by atoms with van der Waals surface area (Å²) in [6, 6.07) is 13.6. The van der Waals surface area contributed by atoms with E-state index in [0.717, 1.165) is 24.5 Å². The minimum absolute atomic E-state index is 0.102. The number of hydrogen-bond donors (Lipinski definition) is 1. The Hall–Kier alpha value is -2.49. The zero-order chi connectivity index (χ0) is 22.6. The molecule has 1 amide bonds. The van der Waals surface area contributed by atoms with Crippen molar-refractivity contribution in [3.63, 3.8) is 0 Å². The van der Waals surface area contributed by atoms with Crippen LogP contribution in [0.4, 0.5) is 15.8 Å². The third-order valence-electron chi connectivity index (χ3n) is 6.02. The maximum Gasteiger partial charge on any atom is 0.227 e. The predicted octanol–water partition coefficient (Wildman–Crippen LogP) is 2.84. The average molecular weight is 462 g/mol. The number of halogens is 1. The molecule has 0 unspecified atom stereocenters. The van der Waals surface area contributed by atoms with Crippen LogP contribution >= 0.6 is 0 Å². The third-order valence-corrected chi connectivity index (χ3v) is 7.85. The van der Waals surface area contributed by atoms with Crippen LogP contribution in [-0.4, -0.2) is 58.0 Å². The standard InChI is InChI=1S/C23H28FN3O4S/c24-22-4-2-1-3-19(22)17-32(29,30)27-11-9-18(10-12-27)23(28)25-20-5-7-21(8-6-20)26-13-15-31-16-14-26/h1-8,18H,9-17H2,(H,25,28). The number of rotatable bonds is 6. The van der Waals surface area contributed by atoms with Crippen LogP contribution in [0.3, 0.4) is 0 Å². The fraction of sp³-hybridized carbons (Fsp3) is 0.435. The Balaban J connectivity index is 1.29. The monoisotopic (exact) mass is 461 g/mol. The lowest BCUT2D eigenvalue weighted by molar-refractivity contribution is -0.120. The molecule has 7 nitrogen and oxygen atoms in total. The lowest BCUT2D eigenvalue weighted by Crippen LogP contribution is -2.42. The molecule has 172 valence electrons. The van der Waals surface area contributed by atoms with E-state index in [-0.39, 0.29) is 36.2 Å². The van der Waals surface area contributed by atoms with Gasteiger partial charge in [0, 0.05) is 49.0 Å². The van der Waals surface area contributed by atoms with E-state index in [9.17, 15) is 17.6 Å². The minimum atomic E-state index is -3.63. The second-order valence-electron chi connectivity index (χ2n) is 8.16. The first-order valence-corrected chi connectivity index (χ1v) is 12.5. The van der Waals surface area contributed by atoms with Crippen LogP contribution in [0.2, 0.25) is 0 Å². The van der Waals surface area contributed by atoms with E-state index in [4.69, 9.17) is 4.74 Å². The summed E-state index contributed by atoms with van der Waals surface area (Å²) in [6.45, 7) is 3.64. The molecule has 0 aliphatic carbocycles. The Kier molecular flexibility index (Phi) is 7.07. The second kappa shape index (κ2) is 9.97. The van der Waals surface area contributed by atoms with Gasteiger partial charge in [-0.05, 0) is 43.2 Å². The Morgan fingerprint density at radius 1 is 1.00 bits per heavy atom. The molecule has 2 aliphatic heterocycles. The van der Waals surface area contributed by atoms with Crippen molar-refractivity contribution in [2.45, 2.75) is 18.6 Å². The van der Waals surface area contributed by atoms with Crippen molar-refractivity contribution in [3.8, 4) is 0 Å². The van der Waals surface area contributed by atoms with Gasteiger partial charge in [-0.1, -0.05) is 18.2 Å². The molecule has 2 aliphatic rings. The third kappa shape index (κ3) is 5.46. The maximum atomic E-state index is 13.8. The number of amides is 1. The van der Waals surface area contributed by atoms with Gasteiger partial charge in [0.05, 0.1) is 19.0 Å². The molecule has 4 rings (SSSR count). The Morgan fingerprint density at radius 2 is 1.66 bits per heavy atom. The van der Waals surface area contributed by atoms with Crippen molar-refractivity contribution in [2.75, 3.05) is 49.6 Å². The maximum absolute atomic E-state index is 13.8. The first-order valence-electron chi connectivity index (χ1n) is 10.9. The molecule has 0 bridgehead atoms. The van der Waals surface area contributed by atoms with Crippen molar-refractivity contribution >= 4 is 27.3 Å². The Bertz CT molecular complexity index is 1030. The largest absolute Gasteiger partial charge is 0.378 e.